The third kappa shape index (κ3) is 5.61. The van der Waals surface area contributed by atoms with E-state index in [4.69, 9.17) is 4.74 Å². The molecule has 0 aliphatic heterocycles. The minimum Gasteiger partial charge on any atom is -0.493 e. The number of benzene rings is 1. The van der Waals surface area contributed by atoms with E-state index in [-0.39, 0.29) is 5.91 Å². The van der Waals surface area contributed by atoms with E-state index >= 15 is 0 Å². The molecule has 1 rings (SSSR count). The number of carbonyl (C=O) groups excluding carboxylic acids is 1. The Bertz CT molecular complexity index is 432. The van der Waals surface area contributed by atoms with E-state index in [1.54, 1.807) is 0 Å². The van der Waals surface area contributed by atoms with Gasteiger partial charge in [-0.2, -0.15) is 0 Å². The maximum Gasteiger partial charge on any atom is 0.223 e. The molecule has 1 aromatic carbocycles. The molecule has 4 nitrogen and oxygen atoms in total. The molecule has 0 aromatic heterocycles. The van der Waals surface area contributed by atoms with Crippen molar-refractivity contribution in [2.24, 2.45) is 0 Å². The molecule has 0 aliphatic rings. The van der Waals surface area contributed by atoms with E-state index in [2.05, 4.69) is 37.5 Å². The van der Waals surface area contributed by atoms with Gasteiger partial charge in [0.1, 0.15) is 5.75 Å². The molecule has 0 aliphatic carbocycles. The Labute approximate surface area is 121 Å². The van der Waals surface area contributed by atoms with Crippen LogP contribution in [0, 0.1) is 13.8 Å². The maximum atomic E-state index is 11.7. The second-order valence-electron chi connectivity index (χ2n) is 5.06. The molecule has 112 valence electrons. The Morgan fingerprint density at radius 1 is 1.35 bits per heavy atom. The minimum absolute atomic E-state index is 0.0278. The van der Waals surface area contributed by atoms with Crippen LogP contribution in [0.3, 0.4) is 0 Å². The third-order valence-corrected chi connectivity index (χ3v) is 3.30. The normalized spacial score (nSPS) is 12.0. The van der Waals surface area contributed by atoms with Crippen molar-refractivity contribution in [3.8, 4) is 5.75 Å². The molecule has 0 saturated carbocycles. The zero-order valence-electron chi connectivity index (χ0n) is 13.0. The van der Waals surface area contributed by atoms with Crippen LogP contribution in [0.5, 0.6) is 5.75 Å². The van der Waals surface area contributed by atoms with Gasteiger partial charge in [0.15, 0.2) is 0 Å². The zero-order chi connectivity index (χ0) is 15.0. The summed E-state index contributed by atoms with van der Waals surface area (Å²) in [6.45, 7) is 10.2. The van der Waals surface area contributed by atoms with E-state index in [9.17, 15) is 4.79 Å². The molecule has 20 heavy (non-hydrogen) atoms. The fraction of sp³-hybridized carbons (Fsp3) is 0.562. The number of nitrogens with one attached hydrogen (secondary N) is 2. The predicted octanol–water partition coefficient (Wildman–Crippen LogP) is 2.19. The fourth-order valence-corrected chi connectivity index (χ4v) is 1.91. The van der Waals surface area contributed by atoms with Crippen molar-refractivity contribution in [2.45, 2.75) is 40.2 Å². The van der Waals surface area contributed by atoms with E-state index < -0.39 is 0 Å². The highest BCUT2D eigenvalue weighted by Gasteiger charge is 2.06. The van der Waals surface area contributed by atoms with Crippen LogP contribution in [-0.2, 0) is 4.79 Å². The topological polar surface area (TPSA) is 50.4 Å². The fourth-order valence-electron chi connectivity index (χ4n) is 1.91. The highest BCUT2D eigenvalue weighted by atomic mass is 16.5. The molecule has 4 heteroatoms. The number of ether oxygens (including phenoxy) is 1. The molecule has 0 spiro atoms. The SMILES string of the molecule is CCN[C@H](C)CNC(=O)CCOc1cccc(C)c1C. The standard InChI is InChI=1S/C16H26N2O2/c1-5-17-13(3)11-18-16(19)9-10-20-15-8-6-7-12(2)14(15)4/h6-8,13,17H,5,9-11H2,1-4H3,(H,18,19)/t13-/m1/s1. The van der Waals surface area contributed by atoms with Crippen molar-refractivity contribution in [1.29, 1.82) is 0 Å². The first-order valence-electron chi connectivity index (χ1n) is 7.23. The number of amides is 1. The number of likely N-dealkylation sites (N-methyl/N-ethyl adjacent to an activating group) is 1. The average Bonchev–Trinajstić information content (AvgIpc) is 2.41. The number of hydrogen-bond donors (Lipinski definition) is 2. The van der Waals surface area contributed by atoms with Gasteiger partial charge in [-0.15, -0.1) is 0 Å². The quantitative estimate of drug-likeness (QED) is 0.766. The van der Waals surface area contributed by atoms with Crippen molar-refractivity contribution in [2.75, 3.05) is 19.7 Å². The van der Waals surface area contributed by atoms with Gasteiger partial charge < -0.3 is 15.4 Å². The summed E-state index contributed by atoms with van der Waals surface area (Å²) in [6.07, 6.45) is 0.381. The third-order valence-electron chi connectivity index (χ3n) is 3.30. The smallest absolute Gasteiger partial charge is 0.223 e. The second kappa shape index (κ2) is 8.59. The molecule has 2 N–H and O–H groups in total. The lowest BCUT2D eigenvalue weighted by molar-refractivity contribution is -0.121. The molecule has 0 heterocycles. The van der Waals surface area contributed by atoms with Crippen molar-refractivity contribution >= 4 is 5.91 Å². The first kappa shape index (κ1) is 16.5. The van der Waals surface area contributed by atoms with Gasteiger partial charge in [0.2, 0.25) is 5.91 Å². The van der Waals surface area contributed by atoms with Gasteiger partial charge in [0, 0.05) is 12.6 Å². The maximum absolute atomic E-state index is 11.7. The number of hydrogen-bond acceptors (Lipinski definition) is 3. The monoisotopic (exact) mass is 278 g/mol. The molecule has 0 saturated heterocycles. The molecule has 0 bridgehead atoms. The largest absolute Gasteiger partial charge is 0.493 e. The number of carbonyl (C=O) groups is 1. The lowest BCUT2D eigenvalue weighted by Crippen LogP contribution is -2.39. The summed E-state index contributed by atoms with van der Waals surface area (Å²) in [4.78, 5) is 11.7. The molecule has 1 atom stereocenters. The summed E-state index contributed by atoms with van der Waals surface area (Å²) >= 11 is 0. The van der Waals surface area contributed by atoms with Crippen molar-refractivity contribution < 1.29 is 9.53 Å². The van der Waals surface area contributed by atoms with Gasteiger partial charge in [-0.1, -0.05) is 19.1 Å². The van der Waals surface area contributed by atoms with Crippen LogP contribution in [0.1, 0.15) is 31.4 Å². The van der Waals surface area contributed by atoms with Crippen molar-refractivity contribution in [1.82, 2.24) is 10.6 Å². The average molecular weight is 278 g/mol. The van der Waals surface area contributed by atoms with E-state index in [1.807, 2.05) is 19.1 Å². The Morgan fingerprint density at radius 2 is 2.10 bits per heavy atom. The van der Waals surface area contributed by atoms with Crippen molar-refractivity contribution in [3.63, 3.8) is 0 Å². The lowest BCUT2D eigenvalue weighted by Gasteiger charge is -2.14. The molecule has 0 radical (unpaired) electrons. The Hall–Kier alpha value is -1.55. The van der Waals surface area contributed by atoms with Crippen LogP contribution in [-0.4, -0.2) is 31.6 Å². The number of aryl methyl sites for hydroxylation is 1. The van der Waals surface area contributed by atoms with E-state index in [0.29, 0.717) is 25.6 Å². The van der Waals surface area contributed by atoms with Gasteiger partial charge in [0.05, 0.1) is 13.0 Å². The Balaban J connectivity index is 2.26. The lowest BCUT2D eigenvalue weighted by atomic mass is 10.1. The van der Waals surface area contributed by atoms with Crippen molar-refractivity contribution in [3.05, 3.63) is 29.3 Å². The second-order valence-corrected chi connectivity index (χ2v) is 5.06. The minimum atomic E-state index is 0.0278. The van der Waals surface area contributed by atoms with Gasteiger partial charge in [-0.3, -0.25) is 4.79 Å². The Kier molecular flexibility index (Phi) is 7.09. The summed E-state index contributed by atoms with van der Waals surface area (Å²) in [6, 6.07) is 6.25. The number of rotatable bonds is 8. The van der Waals surface area contributed by atoms with E-state index in [1.165, 1.54) is 5.56 Å². The van der Waals surface area contributed by atoms with Crippen LogP contribution in [0.15, 0.2) is 18.2 Å². The summed E-state index contributed by atoms with van der Waals surface area (Å²) in [5.74, 6) is 0.888. The highest BCUT2D eigenvalue weighted by molar-refractivity contribution is 5.76. The summed E-state index contributed by atoms with van der Waals surface area (Å²) in [5, 5.41) is 6.15. The van der Waals surface area contributed by atoms with Crippen LogP contribution in [0.2, 0.25) is 0 Å². The van der Waals surface area contributed by atoms with Gasteiger partial charge in [-0.05, 0) is 44.5 Å². The first-order valence-corrected chi connectivity index (χ1v) is 7.23. The molecular weight excluding hydrogens is 252 g/mol. The summed E-state index contributed by atoms with van der Waals surface area (Å²) in [5.41, 5.74) is 2.33. The van der Waals surface area contributed by atoms with Gasteiger partial charge >= 0.3 is 0 Å². The van der Waals surface area contributed by atoms with Crippen LogP contribution < -0.4 is 15.4 Å². The summed E-state index contributed by atoms with van der Waals surface area (Å²) < 4.78 is 5.67. The van der Waals surface area contributed by atoms with Gasteiger partial charge in [0.25, 0.3) is 0 Å². The molecule has 1 amide bonds. The molecule has 0 fully saturated rings. The predicted molar refractivity (Wildman–Crippen MR) is 82.2 cm³/mol. The highest BCUT2D eigenvalue weighted by Crippen LogP contribution is 2.20. The zero-order valence-corrected chi connectivity index (χ0v) is 13.0. The van der Waals surface area contributed by atoms with E-state index in [0.717, 1.165) is 17.9 Å². The van der Waals surface area contributed by atoms with Crippen LogP contribution in [0.4, 0.5) is 0 Å². The first-order chi connectivity index (χ1) is 9.54. The van der Waals surface area contributed by atoms with Crippen LogP contribution >= 0.6 is 0 Å². The summed E-state index contributed by atoms with van der Waals surface area (Å²) in [7, 11) is 0. The Morgan fingerprint density at radius 3 is 2.80 bits per heavy atom. The van der Waals surface area contributed by atoms with Crippen LogP contribution in [0.25, 0.3) is 0 Å². The molecule has 0 unspecified atom stereocenters. The molecule has 1 aromatic rings. The molecular formula is C16H26N2O2. The van der Waals surface area contributed by atoms with Gasteiger partial charge in [-0.25, -0.2) is 0 Å².